The van der Waals surface area contributed by atoms with Gasteiger partial charge < -0.3 is 14.5 Å². The van der Waals surface area contributed by atoms with Crippen molar-refractivity contribution in [2.75, 3.05) is 5.75 Å². The minimum atomic E-state index is -0.0311. The molecule has 4 aromatic rings. The maximum Gasteiger partial charge on any atom is 0.230 e. The highest BCUT2D eigenvalue weighted by Gasteiger charge is 2.15. The van der Waals surface area contributed by atoms with E-state index in [-0.39, 0.29) is 5.91 Å². The van der Waals surface area contributed by atoms with Crippen LogP contribution in [0.25, 0.3) is 22.3 Å². The van der Waals surface area contributed by atoms with E-state index in [4.69, 9.17) is 0 Å². The topological polar surface area (TPSA) is 77.6 Å². The van der Waals surface area contributed by atoms with E-state index in [9.17, 15) is 4.79 Å². The normalized spacial score (nSPS) is 11.1. The molecular formula is C21H22N6OS. The predicted octanol–water partition coefficient (Wildman–Crippen LogP) is 3.26. The van der Waals surface area contributed by atoms with Gasteiger partial charge in [-0.25, -0.2) is 0 Å². The van der Waals surface area contributed by atoms with E-state index in [2.05, 4.69) is 43.3 Å². The average molecular weight is 407 g/mol. The first-order valence-electron chi connectivity index (χ1n) is 9.43. The van der Waals surface area contributed by atoms with E-state index in [1.54, 1.807) is 12.4 Å². The molecule has 1 aromatic carbocycles. The van der Waals surface area contributed by atoms with Crippen LogP contribution in [0.3, 0.4) is 0 Å². The number of thioether (sulfide) groups is 1. The first-order valence-corrected chi connectivity index (χ1v) is 10.4. The van der Waals surface area contributed by atoms with Gasteiger partial charge in [-0.2, -0.15) is 0 Å². The van der Waals surface area contributed by atoms with E-state index in [0.717, 1.165) is 34.3 Å². The van der Waals surface area contributed by atoms with E-state index < -0.39 is 0 Å². The highest BCUT2D eigenvalue weighted by atomic mass is 32.2. The summed E-state index contributed by atoms with van der Waals surface area (Å²) in [6, 6.07) is 14.1. The van der Waals surface area contributed by atoms with Crippen molar-refractivity contribution in [2.24, 2.45) is 7.05 Å². The Balaban J connectivity index is 1.38. The van der Waals surface area contributed by atoms with Gasteiger partial charge in [-0.05, 0) is 36.6 Å². The van der Waals surface area contributed by atoms with Crippen LogP contribution in [0.4, 0.5) is 0 Å². The number of rotatable bonds is 7. The molecule has 1 amide bonds. The van der Waals surface area contributed by atoms with Crippen LogP contribution >= 0.6 is 11.8 Å². The average Bonchev–Trinajstić information content (AvgIpc) is 3.32. The Hall–Kier alpha value is -3.13. The molecule has 0 bridgehead atoms. The minimum absolute atomic E-state index is 0.0311. The van der Waals surface area contributed by atoms with Crippen molar-refractivity contribution in [3.05, 3.63) is 60.6 Å². The molecule has 1 N–H and O–H groups in total. The summed E-state index contributed by atoms with van der Waals surface area (Å²) in [7, 11) is 2.02. The number of carbonyl (C=O) groups excluding carboxylic acids is 1. The molecule has 0 unspecified atom stereocenters. The maximum absolute atomic E-state index is 12.4. The number of pyridine rings is 1. The van der Waals surface area contributed by atoms with Gasteiger partial charge in [0.15, 0.2) is 11.0 Å². The molecule has 3 heterocycles. The lowest BCUT2D eigenvalue weighted by atomic mass is 10.2. The van der Waals surface area contributed by atoms with Gasteiger partial charge in [0.1, 0.15) is 0 Å². The van der Waals surface area contributed by atoms with Crippen LogP contribution in [0.2, 0.25) is 0 Å². The number of benzene rings is 1. The van der Waals surface area contributed by atoms with Crippen LogP contribution < -0.4 is 5.32 Å². The van der Waals surface area contributed by atoms with E-state index in [0.29, 0.717) is 12.3 Å². The van der Waals surface area contributed by atoms with Crippen molar-refractivity contribution < 1.29 is 4.79 Å². The van der Waals surface area contributed by atoms with Gasteiger partial charge in [0.2, 0.25) is 5.91 Å². The van der Waals surface area contributed by atoms with Gasteiger partial charge in [-0.1, -0.05) is 30.0 Å². The second-order valence-electron chi connectivity index (χ2n) is 6.61. The Labute approximate surface area is 173 Å². The molecule has 3 aromatic heterocycles. The summed E-state index contributed by atoms with van der Waals surface area (Å²) < 4.78 is 4.12. The third-order valence-corrected chi connectivity index (χ3v) is 5.79. The summed E-state index contributed by atoms with van der Waals surface area (Å²) >= 11 is 1.39. The van der Waals surface area contributed by atoms with Crippen molar-refractivity contribution in [3.63, 3.8) is 0 Å². The van der Waals surface area contributed by atoms with E-state index in [1.165, 1.54) is 17.1 Å². The number of hydrogen-bond donors (Lipinski definition) is 1. The van der Waals surface area contributed by atoms with Crippen molar-refractivity contribution in [1.82, 2.24) is 29.6 Å². The summed E-state index contributed by atoms with van der Waals surface area (Å²) in [5.41, 5.74) is 3.19. The largest absolute Gasteiger partial charge is 0.350 e. The van der Waals surface area contributed by atoms with E-state index >= 15 is 0 Å². The molecule has 0 atom stereocenters. The molecule has 8 heteroatoms. The molecule has 0 aliphatic heterocycles. The molecule has 0 fully saturated rings. The van der Waals surface area contributed by atoms with E-state index in [1.807, 2.05) is 42.8 Å². The third-order valence-electron chi connectivity index (χ3n) is 4.82. The Morgan fingerprint density at radius 3 is 2.69 bits per heavy atom. The number of para-hydroxylation sites is 1. The first kappa shape index (κ1) is 19.2. The van der Waals surface area contributed by atoms with Crippen LogP contribution in [-0.4, -0.2) is 36.0 Å². The standard InChI is InChI=1S/C21H22N6OS/c1-3-27-20(15-8-10-22-11-9-15)24-25-21(27)29-14-19(28)23-13-17-12-16-6-4-5-7-18(16)26(17)2/h4-12H,3,13-14H2,1-2H3,(H,23,28). The molecule has 0 radical (unpaired) electrons. The van der Waals surface area contributed by atoms with Crippen LogP contribution in [0.15, 0.2) is 60.0 Å². The molecule has 4 rings (SSSR count). The van der Waals surface area contributed by atoms with Crippen LogP contribution in [0, 0.1) is 0 Å². The Morgan fingerprint density at radius 2 is 1.93 bits per heavy atom. The number of aromatic nitrogens is 5. The highest BCUT2D eigenvalue weighted by molar-refractivity contribution is 7.99. The zero-order valence-corrected chi connectivity index (χ0v) is 17.2. The Kier molecular flexibility index (Phi) is 5.62. The van der Waals surface area contributed by atoms with Gasteiger partial charge in [-0.3, -0.25) is 9.78 Å². The lowest BCUT2D eigenvalue weighted by Gasteiger charge is -2.08. The third kappa shape index (κ3) is 4.02. The van der Waals surface area contributed by atoms with Crippen molar-refractivity contribution in [2.45, 2.75) is 25.2 Å². The van der Waals surface area contributed by atoms with Gasteiger partial charge in [0.05, 0.1) is 12.3 Å². The predicted molar refractivity (Wildman–Crippen MR) is 114 cm³/mol. The molecule has 0 aliphatic carbocycles. The highest BCUT2D eigenvalue weighted by Crippen LogP contribution is 2.23. The fraction of sp³-hybridized carbons (Fsp3) is 0.238. The zero-order chi connectivity index (χ0) is 20.2. The Bertz CT molecular complexity index is 1130. The lowest BCUT2D eigenvalue weighted by Crippen LogP contribution is -2.25. The molecule has 0 saturated carbocycles. The number of amides is 1. The van der Waals surface area contributed by atoms with Crippen molar-refractivity contribution in [1.29, 1.82) is 0 Å². The fourth-order valence-electron chi connectivity index (χ4n) is 3.28. The van der Waals surface area contributed by atoms with Gasteiger partial charge in [0, 0.05) is 42.8 Å². The minimum Gasteiger partial charge on any atom is -0.350 e. The number of carbonyl (C=O) groups is 1. The fourth-order valence-corrected chi connectivity index (χ4v) is 4.11. The molecular weight excluding hydrogens is 384 g/mol. The molecule has 7 nitrogen and oxygen atoms in total. The number of nitrogens with zero attached hydrogens (tertiary/aromatic N) is 5. The molecule has 0 aliphatic rings. The number of fused-ring (bicyclic) bond motifs is 1. The lowest BCUT2D eigenvalue weighted by molar-refractivity contribution is -0.118. The van der Waals surface area contributed by atoms with Gasteiger partial charge in [0.25, 0.3) is 0 Å². The van der Waals surface area contributed by atoms with Gasteiger partial charge in [-0.15, -0.1) is 10.2 Å². The maximum atomic E-state index is 12.4. The second-order valence-corrected chi connectivity index (χ2v) is 7.55. The molecule has 0 spiro atoms. The summed E-state index contributed by atoms with van der Waals surface area (Å²) in [6.45, 7) is 3.26. The second kappa shape index (κ2) is 8.48. The van der Waals surface area contributed by atoms with Crippen LogP contribution in [-0.2, 0) is 24.9 Å². The number of nitrogens with one attached hydrogen (secondary N) is 1. The van der Waals surface area contributed by atoms with Crippen LogP contribution in [0.5, 0.6) is 0 Å². The van der Waals surface area contributed by atoms with Crippen molar-refractivity contribution >= 4 is 28.6 Å². The summed E-state index contributed by atoms with van der Waals surface area (Å²) in [5.74, 6) is 1.04. The molecule has 0 saturated heterocycles. The van der Waals surface area contributed by atoms with Gasteiger partial charge >= 0.3 is 0 Å². The monoisotopic (exact) mass is 406 g/mol. The van der Waals surface area contributed by atoms with Crippen molar-refractivity contribution in [3.8, 4) is 11.4 Å². The SMILES string of the molecule is CCn1c(SCC(=O)NCc2cc3ccccc3n2C)nnc1-c1ccncc1. The quantitative estimate of drug-likeness (QED) is 0.477. The van der Waals surface area contributed by atoms with Crippen LogP contribution in [0.1, 0.15) is 12.6 Å². The number of aryl methyl sites for hydroxylation is 1. The first-order chi connectivity index (χ1) is 14.2. The zero-order valence-electron chi connectivity index (χ0n) is 16.4. The number of hydrogen-bond acceptors (Lipinski definition) is 5. The summed E-state index contributed by atoms with van der Waals surface area (Å²) in [6.07, 6.45) is 3.47. The smallest absolute Gasteiger partial charge is 0.230 e. The summed E-state index contributed by atoms with van der Waals surface area (Å²) in [5, 5.41) is 13.5. The summed E-state index contributed by atoms with van der Waals surface area (Å²) in [4.78, 5) is 16.4. The molecule has 29 heavy (non-hydrogen) atoms. The Morgan fingerprint density at radius 1 is 1.14 bits per heavy atom. The molecule has 148 valence electrons.